The van der Waals surface area contributed by atoms with Gasteiger partial charge < -0.3 is 20.5 Å². The first-order valence-electron chi connectivity index (χ1n) is 12.5. The molecule has 3 amide bonds. The molecule has 0 aliphatic carbocycles. The summed E-state index contributed by atoms with van der Waals surface area (Å²) in [4.78, 5) is 44.6. The Bertz CT molecular complexity index is 1300. The Kier molecular flexibility index (Phi) is 10.7. The van der Waals surface area contributed by atoms with Gasteiger partial charge in [-0.1, -0.05) is 19.9 Å². The fourth-order valence-corrected chi connectivity index (χ4v) is 4.72. The molecule has 0 radical (unpaired) electrons. The Balaban J connectivity index is 1.59. The molecular weight excluding hydrogens is 525 g/mol. The van der Waals surface area contributed by atoms with Crippen molar-refractivity contribution in [2.75, 3.05) is 17.7 Å². The molecule has 3 rings (SSSR count). The minimum atomic E-state index is -0.842. The number of amides is 3. The van der Waals surface area contributed by atoms with Crippen LogP contribution < -0.4 is 20.7 Å². The molecule has 0 fully saturated rings. The molecule has 3 aromatic rings. The maximum atomic E-state index is 14.7. The first kappa shape index (κ1) is 29.5. The second-order valence-corrected chi connectivity index (χ2v) is 10.2. The molecule has 4 N–H and O–H groups in total. The fraction of sp³-hybridized carbons (Fsp3) is 0.370. The smallest absolute Gasteiger partial charge is 0.325 e. The van der Waals surface area contributed by atoms with Crippen molar-refractivity contribution in [3.8, 4) is 5.75 Å². The van der Waals surface area contributed by atoms with Crippen LogP contribution in [0.25, 0.3) is 0 Å². The zero-order valence-electron chi connectivity index (χ0n) is 22.0. The van der Waals surface area contributed by atoms with E-state index >= 15 is 0 Å². The minimum absolute atomic E-state index is 0.0536. The molecule has 0 spiro atoms. The molecule has 1 aromatic carbocycles. The Labute approximate surface area is 230 Å². The van der Waals surface area contributed by atoms with Gasteiger partial charge in [0.05, 0.1) is 36.0 Å². The van der Waals surface area contributed by atoms with E-state index in [4.69, 9.17) is 9.84 Å². The Morgan fingerprint density at radius 2 is 1.97 bits per heavy atom. The molecule has 10 nitrogen and oxygen atoms in total. The number of carboxylic acids is 1. The summed E-state index contributed by atoms with van der Waals surface area (Å²) in [6, 6.07) is 6.44. The highest BCUT2D eigenvalue weighted by Crippen LogP contribution is 2.25. The number of aliphatic carboxylic acids is 1. The first-order chi connectivity index (χ1) is 18.6. The number of benzene rings is 1. The monoisotopic (exact) mass is 557 g/mol. The van der Waals surface area contributed by atoms with Gasteiger partial charge in [0.25, 0.3) is 0 Å². The van der Waals surface area contributed by atoms with Gasteiger partial charge in [-0.25, -0.2) is 19.2 Å². The summed E-state index contributed by atoms with van der Waals surface area (Å²) in [6.45, 7) is 4.08. The number of nitrogens with one attached hydrogen (secondary N) is 3. The van der Waals surface area contributed by atoms with Crippen LogP contribution in [0.2, 0.25) is 0 Å². The SMILES string of the molecule is COc1cccnc1NC(=O)Nc1ccc(CC(=O)NC(CC(C)C)c2csc(CCCC(=O)O)n2)cc1F. The van der Waals surface area contributed by atoms with Gasteiger partial charge in [0.2, 0.25) is 5.91 Å². The molecule has 0 bridgehead atoms. The van der Waals surface area contributed by atoms with Crippen molar-refractivity contribution in [1.82, 2.24) is 15.3 Å². The van der Waals surface area contributed by atoms with E-state index in [-0.39, 0.29) is 42.2 Å². The number of aryl methyl sites for hydroxylation is 1. The zero-order valence-corrected chi connectivity index (χ0v) is 22.8. The number of urea groups is 1. The van der Waals surface area contributed by atoms with Crippen molar-refractivity contribution in [3.05, 3.63) is 64.0 Å². The number of nitrogens with zero attached hydrogens (tertiary/aromatic N) is 2. The van der Waals surface area contributed by atoms with Crippen LogP contribution in [0.5, 0.6) is 5.75 Å². The van der Waals surface area contributed by atoms with Crippen LogP contribution in [-0.2, 0) is 22.4 Å². The topological polar surface area (TPSA) is 143 Å². The molecule has 2 aromatic heterocycles. The second-order valence-electron chi connectivity index (χ2n) is 9.29. The third-order valence-corrected chi connectivity index (χ3v) is 6.55. The summed E-state index contributed by atoms with van der Waals surface area (Å²) in [7, 11) is 1.44. The summed E-state index contributed by atoms with van der Waals surface area (Å²) < 4.78 is 19.9. The lowest BCUT2D eigenvalue weighted by Crippen LogP contribution is -2.31. The van der Waals surface area contributed by atoms with Gasteiger partial charge in [-0.3, -0.25) is 14.9 Å². The third-order valence-electron chi connectivity index (χ3n) is 5.62. The summed E-state index contributed by atoms with van der Waals surface area (Å²) in [6.07, 6.45) is 3.23. The van der Waals surface area contributed by atoms with Crippen LogP contribution in [0, 0.1) is 11.7 Å². The Hall–Kier alpha value is -4.06. The summed E-state index contributed by atoms with van der Waals surface area (Å²) in [5.74, 6) is -0.987. The van der Waals surface area contributed by atoms with Crippen molar-refractivity contribution >= 4 is 40.7 Å². The van der Waals surface area contributed by atoms with E-state index in [0.717, 1.165) is 10.7 Å². The van der Waals surface area contributed by atoms with Gasteiger partial charge in [0, 0.05) is 18.0 Å². The molecule has 1 atom stereocenters. The number of ether oxygens (including phenoxy) is 1. The van der Waals surface area contributed by atoms with E-state index in [9.17, 15) is 18.8 Å². The number of carbonyl (C=O) groups excluding carboxylic acids is 2. The lowest BCUT2D eigenvalue weighted by Gasteiger charge is -2.19. The normalized spacial score (nSPS) is 11.6. The maximum Gasteiger partial charge on any atom is 0.325 e. The van der Waals surface area contributed by atoms with Crippen LogP contribution in [-0.4, -0.2) is 40.1 Å². The van der Waals surface area contributed by atoms with Crippen LogP contribution >= 0.6 is 11.3 Å². The van der Waals surface area contributed by atoms with E-state index in [0.29, 0.717) is 30.6 Å². The van der Waals surface area contributed by atoms with Crippen molar-refractivity contribution < 1.29 is 28.6 Å². The van der Waals surface area contributed by atoms with Crippen molar-refractivity contribution in [2.45, 2.75) is 52.0 Å². The van der Waals surface area contributed by atoms with E-state index in [1.165, 1.54) is 36.8 Å². The predicted octanol–water partition coefficient (Wildman–Crippen LogP) is 5.18. The quantitative estimate of drug-likeness (QED) is 0.227. The van der Waals surface area contributed by atoms with Gasteiger partial charge >= 0.3 is 12.0 Å². The number of pyridine rings is 1. The van der Waals surface area contributed by atoms with Crippen LogP contribution in [0.3, 0.4) is 0 Å². The number of methoxy groups -OCH3 is 1. The van der Waals surface area contributed by atoms with Crippen molar-refractivity contribution in [2.24, 2.45) is 5.92 Å². The predicted molar refractivity (Wildman–Crippen MR) is 147 cm³/mol. The second kappa shape index (κ2) is 14.2. The molecule has 208 valence electrons. The number of hydrogen-bond acceptors (Lipinski definition) is 7. The van der Waals surface area contributed by atoms with Gasteiger partial charge in [0.1, 0.15) is 5.82 Å². The lowest BCUT2D eigenvalue weighted by molar-refractivity contribution is -0.137. The molecule has 0 saturated heterocycles. The summed E-state index contributed by atoms with van der Waals surface area (Å²) in [5, 5.41) is 19.5. The number of thiazole rings is 1. The Morgan fingerprint density at radius 1 is 1.18 bits per heavy atom. The standard InChI is InChI=1S/C27H32FN5O5S/c1-16(2)12-20(21-15-39-24(31-21)7-4-8-25(35)36)30-23(34)14-17-9-10-19(18(28)13-17)32-27(37)33-26-22(38-3)6-5-11-29-26/h5-6,9-11,13,15-16,20H,4,7-8,12,14H2,1-3H3,(H,30,34)(H,35,36)(H2,29,32,33,37). The van der Waals surface area contributed by atoms with E-state index in [1.807, 2.05) is 19.2 Å². The van der Waals surface area contributed by atoms with Crippen molar-refractivity contribution in [3.63, 3.8) is 0 Å². The van der Waals surface area contributed by atoms with E-state index in [2.05, 4.69) is 25.9 Å². The molecule has 1 unspecified atom stereocenters. The number of halogens is 1. The number of aromatic nitrogens is 2. The molecule has 2 heterocycles. The van der Waals surface area contributed by atoms with Crippen LogP contribution in [0.4, 0.5) is 20.7 Å². The largest absolute Gasteiger partial charge is 0.493 e. The average molecular weight is 558 g/mol. The number of hydrogen-bond donors (Lipinski definition) is 4. The first-order valence-corrected chi connectivity index (χ1v) is 13.3. The zero-order chi connectivity index (χ0) is 28.4. The minimum Gasteiger partial charge on any atom is -0.493 e. The fourth-order valence-electron chi connectivity index (χ4n) is 3.83. The highest BCUT2D eigenvalue weighted by atomic mass is 32.1. The molecule has 0 aliphatic rings. The number of carbonyl (C=O) groups is 3. The summed E-state index contributed by atoms with van der Waals surface area (Å²) >= 11 is 1.44. The van der Waals surface area contributed by atoms with Gasteiger partial charge in [-0.2, -0.15) is 0 Å². The van der Waals surface area contributed by atoms with Crippen LogP contribution in [0.1, 0.15) is 55.4 Å². The van der Waals surface area contributed by atoms with Gasteiger partial charge in [-0.05, 0) is 55.0 Å². The number of carboxylic acid groups (broad SMARTS) is 1. The van der Waals surface area contributed by atoms with Gasteiger partial charge in [0.15, 0.2) is 11.6 Å². The molecule has 12 heteroatoms. The number of rotatable bonds is 13. The van der Waals surface area contributed by atoms with E-state index < -0.39 is 17.8 Å². The highest BCUT2D eigenvalue weighted by Gasteiger charge is 2.20. The average Bonchev–Trinajstić information content (AvgIpc) is 3.34. The van der Waals surface area contributed by atoms with Gasteiger partial charge in [-0.15, -0.1) is 11.3 Å². The lowest BCUT2D eigenvalue weighted by atomic mass is 10.0. The molecule has 39 heavy (non-hydrogen) atoms. The number of anilines is 2. The molecule has 0 saturated carbocycles. The Morgan fingerprint density at radius 3 is 2.67 bits per heavy atom. The third kappa shape index (κ3) is 9.32. The maximum absolute atomic E-state index is 14.7. The summed E-state index contributed by atoms with van der Waals surface area (Å²) in [5.41, 5.74) is 1.12. The van der Waals surface area contributed by atoms with Crippen LogP contribution in [0.15, 0.2) is 41.9 Å². The van der Waals surface area contributed by atoms with E-state index in [1.54, 1.807) is 18.2 Å². The van der Waals surface area contributed by atoms with Crippen molar-refractivity contribution in [1.29, 1.82) is 0 Å². The highest BCUT2D eigenvalue weighted by molar-refractivity contribution is 7.09. The molecular formula is C27H32FN5O5S. The molecule has 0 aliphatic heterocycles.